The number of carbonyl (C=O) groups is 1. The van der Waals surface area contributed by atoms with Gasteiger partial charge in [-0.25, -0.2) is 4.79 Å². The van der Waals surface area contributed by atoms with E-state index < -0.39 is 0 Å². The first-order valence-corrected chi connectivity index (χ1v) is 4.87. The van der Waals surface area contributed by atoms with Crippen molar-refractivity contribution in [3.8, 4) is 0 Å². The number of urea groups is 1. The fourth-order valence-corrected chi connectivity index (χ4v) is 1.49. The predicted octanol–water partition coefficient (Wildman–Crippen LogP) is 0.420. The summed E-state index contributed by atoms with van der Waals surface area (Å²) in [5.41, 5.74) is 0. The van der Waals surface area contributed by atoms with E-state index in [4.69, 9.17) is 5.11 Å². The monoisotopic (exact) mass is 186 g/mol. The molecule has 2 amide bonds. The van der Waals surface area contributed by atoms with Crippen molar-refractivity contribution >= 4 is 6.03 Å². The lowest BCUT2D eigenvalue weighted by molar-refractivity contribution is 0.171. The van der Waals surface area contributed by atoms with E-state index in [1.165, 1.54) is 0 Å². The molecule has 1 aliphatic heterocycles. The minimum absolute atomic E-state index is 0.00990. The molecule has 4 heteroatoms. The van der Waals surface area contributed by atoms with Gasteiger partial charge in [-0.3, -0.25) is 0 Å². The molecule has 0 saturated carbocycles. The Hall–Kier alpha value is -0.770. The Morgan fingerprint density at radius 2 is 2.15 bits per heavy atom. The predicted molar refractivity (Wildman–Crippen MR) is 50.5 cm³/mol. The number of rotatable bonds is 2. The molecule has 1 heterocycles. The number of amides is 2. The van der Waals surface area contributed by atoms with Crippen LogP contribution in [0.2, 0.25) is 0 Å². The fraction of sp³-hybridized carbons (Fsp3) is 0.889. The maximum absolute atomic E-state index is 11.4. The van der Waals surface area contributed by atoms with Gasteiger partial charge in [-0.05, 0) is 18.8 Å². The van der Waals surface area contributed by atoms with Crippen LogP contribution < -0.4 is 5.32 Å². The Kier molecular flexibility index (Phi) is 4.02. The molecule has 0 radical (unpaired) electrons. The van der Waals surface area contributed by atoms with Crippen molar-refractivity contribution in [2.45, 2.75) is 19.8 Å². The second-order valence-electron chi connectivity index (χ2n) is 3.63. The first-order valence-electron chi connectivity index (χ1n) is 4.87. The van der Waals surface area contributed by atoms with Crippen LogP contribution >= 0.6 is 0 Å². The summed E-state index contributed by atoms with van der Waals surface area (Å²) in [6.45, 7) is 4.26. The van der Waals surface area contributed by atoms with E-state index in [-0.39, 0.29) is 12.6 Å². The third-order valence-corrected chi connectivity index (χ3v) is 2.46. The smallest absolute Gasteiger partial charge is 0.317 e. The first-order chi connectivity index (χ1) is 6.24. The molecule has 4 nitrogen and oxygen atoms in total. The van der Waals surface area contributed by atoms with E-state index in [0.717, 1.165) is 31.8 Å². The summed E-state index contributed by atoms with van der Waals surface area (Å²) >= 11 is 0. The average molecular weight is 186 g/mol. The number of nitrogens with one attached hydrogen (secondary N) is 1. The van der Waals surface area contributed by atoms with Crippen molar-refractivity contribution in [1.29, 1.82) is 0 Å². The lowest BCUT2D eigenvalue weighted by atomic mass is 10.00. The molecule has 13 heavy (non-hydrogen) atoms. The normalized spacial score (nSPS) is 18.8. The van der Waals surface area contributed by atoms with Crippen molar-refractivity contribution < 1.29 is 9.90 Å². The molecular formula is C9H18N2O2. The maximum atomic E-state index is 11.4. The number of aliphatic hydroxyl groups excluding tert-OH is 1. The maximum Gasteiger partial charge on any atom is 0.317 e. The van der Waals surface area contributed by atoms with Crippen LogP contribution in [0.4, 0.5) is 4.79 Å². The molecule has 0 aromatic carbocycles. The molecule has 1 fully saturated rings. The van der Waals surface area contributed by atoms with E-state index in [0.29, 0.717) is 6.54 Å². The number of nitrogens with zero attached hydrogens (tertiary/aromatic N) is 1. The number of likely N-dealkylation sites (tertiary alicyclic amines) is 1. The van der Waals surface area contributed by atoms with Gasteiger partial charge < -0.3 is 15.3 Å². The number of carbonyl (C=O) groups excluding carboxylic acids is 1. The highest BCUT2D eigenvalue weighted by atomic mass is 16.3. The number of hydrogen-bond donors (Lipinski definition) is 2. The highest BCUT2D eigenvalue weighted by Crippen LogP contribution is 2.15. The second-order valence-corrected chi connectivity index (χ2v) is 3.63. The topological polar surface area (TPSA) is 52.6 Å². The van der Waals surface area contributed by atoms with Crippen LogP contribution in [-0.4, -0.2) is 42.3 Å². The second kappa shape index (κ2) is 5.07. The lowest BCUT2D eigenvalue weighted by Gasteiger charge is -2.30. The molecule has 0 aromatic rings. The Morgan fingerprint density at radius 3 is 2.69 bits per heavy atom. The quantitative estimate of drug-likeness (QED) is 0.656. The van der Waals surface area contributed by atoms with Crippen molar-refractivity contribution in [3.05, 3.63) is 0 Å². The Bertz CT molecular complexity index is 165. The summed E-state index contributed by atoms with van der Waals surface area (Å²) in [5, 5.41) is 11.2. The van der Waals surface area contributed by atoms with Crippen molar-refractivity contribution in [1.82, 2.24) is 10.2 Å². The van der Waals surface area contributed by atoms with E-state index in [9.17, 15) is 4.79 Å². The summed E-state index contributed by atoms with van der Waals surface area (Å²) < 4.78 is 0. The van der Waals surface area contributed by atoms with Crippen LogP contribution in [0, 0.1) is 5.92 Å². The van der Waals surface area contributed by atoms with Crippen LogP contribution in [0.3, 0.4) is 0 Å². The van der Waals surface area contributed by atoms with Crippen molar-refractivity contribution in [2.24, 2.45) is 5.92 Å². The van der Waals surface area contributed by atoms with E-state index in [1.807, 2.05) is 4.90 Å². The molecule has 76 valence electrons. The van der Waals surface area contributed by atoms with Crippen LogP contribution in [0.5, 0.6) is 0 Å². The van der Waals surface area contributed by atoms with Gasteiger partial charge in [-0.2, -0.15) is 0 Å². The minimum atomic E-state index is -0.0408. The van der Waals surface area contributed by atoms with Gasteiger partial charge in [0.2, 0.25) is 0 Å². The van der Waals surface area contributed by atoms with Gasteiger partial charge in [-0.15, -0.1) is 0 Å². The molecule has 1 rings (SSSR count). The summed E-state index contributed by atoms with van der Waals surface area (Å²) in [4.78, 5) is 13.2. The molecule has 0 unspecified atom stereocenters. The molecule has 2 N–H and O–H groups in total. The fourth-order valence-electron chi connectivity index (χ4n) is 1.49. The molecule has 0 spiro atoms. The van der Waals surface area contributed by atoms with Gasteiger partial charge in [0.15, 0.2) is 0 Å². The third-order valence-electron chi connectivity index (χ3n) is 2.46. The summed E-state index contributed by atoms with van der Waals surface area (Å²) in [7, 11) is 0. The highest BCUT2D eigenvalue weighted by Gasteiger charge is 2.19. The van der Waals surface area contributed by atoms with Gasteiger partial charge in [0.05, 0.1) is 6.61 Å². The van der Waals surface area contributed by atoms with Gasteiger partial charge >= 0.3 is 6.03 Å². The Morgan fingerprint density at radius 1 is 1.54 bits per heavy atom. The molecular weight excluding hydrogens is 168 g/mol. The zero-order valence-electron chi connectivity index (χ0n) is 8.12. The number of aliphatic hydroxyl groups is 1. The molecule has 1 aliphatic rings. The molecule has 0 aromatic heterocycles. The molecule has 1 saturated heterocycles. The summed E-state index contributed by atoms with van der Waals surface area (Å²) in [6.07, 6.45) is 2.18. The Labute approximate surface area is 78.9 Å². The zero-order valence-corrected chi connectivity index (χ0v) is 8.12. The third kappa shape index (κ3) is 3.22. The minimum Gasteiger partial charge on any atom is -0.395 e. The van der Waals surface area contributed by atoms with E-state index in [2.05, 4.69) is 12.2 Å². The van der Waals surface area contributed by atoms with E-state index in [1.54, 1.807) is 0 Å². The highest BCUT2D eigenvalue weighted by molar-refractivity contribution is 5.74. The van der Waals surface area contributed by atoms with Crippen LogP contribution in [0.25, 0.3) is 0 Å². The average Bonchev–Trinajstić information content (AvgIpc) is 2.15. The van der Waals surface area contributed by atoms with E-state index >= 15 is 0 Å². The molecule has 0 bridgehead atoms. The number of hydrogen-bond acceptors (Lipinski definition) is 2. The van der Waals surface area contributed by atoms with Crippen molar-refractivity contribution in [2.75, 3.05) is 26.2 Å². The largest absolute Gasteiger partial charge is 0.395 e. The van der Waals surface area contributed by atoms with Crippen LogP contribution in [-0.2, 0) is 0 Å². The lowest BCUT2D eigenvalue weighted by Crippen LogP contribution is -2.44. The van der Waals surface area contributed by atoms with Gasteiger partial charge in [0, 0.05) is 19.6 Å². The van der Waals surface area contributed by atoms with Crippen molar-refractivity contribution in [3.63, 3.8) is 0 Å². The zero-order chi connectivity index (χ0) is 9.68. The van der Waals surface area contributed by atoms with Crippen LogP contribution in [0.15, 0.2) is 0 Å². The summed E-state index contributed by atoms with van der Waals surface area (Å²) in [6, 6.07) is -0.0408. The SMILES string of the molecule is CC1CCN(C(=O)NCCO)CC1. The van der Waals surface area contributed by atoms with Gasteiger partial charge in [0.1, 0.15) is 0 Å². The van der Waals surface area contributed by atoms with Crippen LogP contribution in [0.1, 0.15) is 19.8 Å². The first kappa shape index (κ1) is 10.3. The molecule has 0 aliphatic carbocycles. The Balaban J connectivity index is 2.23. The number of piperidine rings is 1. The summed E-state index contributed by atoms with van der Waals surface area (Å²) in [5.74, 6) is 0.738. The van der Waals surface area contributed by atoms with Gasteiger partial charge in [0.25, 0.3) is 0 Å². The standard InChI is InChI=1S/C9H18N2O2/c1-8-2-5-11(6-3-8)9(13)10-4-7-12/h8,12H,2-7H2,1H3,(H,10,13). The molecule has 0 atom stereocenters. The van der Waals surface area contributed by atoms with Gasteiger partial charge in [-0.1, -0.05) is 6.92 Å².